The molecule has 0 bridgehead atoms. The van der Waals surface area contributed by atoms with Gasteiger partial charge in [0.1, 0.15) is 0 Å². The van der Waals surface area contributed by atoms with Crippen molar-refractivity contribution in [2.45, 2.75) is 20.8 Å². The molecule has 0 saturated carbocycles. The summed E-state index contributed by atoms with van der Waals surface area (Å²) in [5, 5.41) is 6.80. The Balaban J connectivity index is 4.47. The van der Waals surface area contributed by atoms with E-state index in [2.05, 4.69) is 0 Å². The van der Waals surface area contributed by atoms with Crippen LogP contribution in [0.15, 0.2) is 11.1 Å². The van der Waals surface area contributed by atoms with Crippen LogP contribution >= 0.6 is 0 Å². The van der Waals surface area contributed by atoms with Gasteiger partial charge in [-0.05, 0) is 31.9 Å². The molecule has 0 rings (SSSR count). The summed E-state index contributed by atoms with van der Waals surface area (Å²) >= 11 is 0. The first kappa shape index (κ1) is 8.08. The second kappa shape index (κ2) is 3.17. The average molecular weight is 125 g/mol. The van der Waals surface area contributed by atoms with E-state index in [0.29, 0.717) is 5.57 Å². The maximum Gasteiger partial charge on any atom is 0.155 e. The van der Waals surface area contributed by atoms with Crippen molar-refractivity contribution < 1.29 is 4.79 Å². The first-order valence-electron chi connectivity index (χ1n) is 2.78. The van der Waals surface area contributed by atoms with Gasteiger partial charge in [-0.15, -0.1) is 0 Å². The summed E-state index contributed by atoms with van der Waals surface area (Å²) < 4.78 is 0. The first-order chi connectivity index (χ1) is 4.09. The highest BCUT2D eigenvalue weighted by Crippen LogP contribution is 2.00. The van der Waals surface area contributed by atoms with Crippen LogP contribution in [0.4, 0.5) is 0 Å². The van der Waals surface area contributed by atoms with Gasteiger partial charge in [0, 0.05) is 6.21 Å². The van der Waals surface area contributed by atoms with Gasteiger partial charge >= 0.3 is 0 Å². The van der Waals surface area contributed by atoms with E-state index < -0.39 is 0 Å². The molecule has 50 valence electrons. The number of ketones is 1. The van der Waals surface area contributed by atoms with Gasteiger partial charge in [0.25, 0.3) is 0 Å². The summed E-state index contributed by atoms with van der Waals surface area (Å²) in [5.41, 5.74) is 1.41. The average Bonchev–Trinajstić information content (AvgIpc) is 1.84. The molecule has 0 fully saturated rings. The van der Waals surface area contributed by atoms with Crippen molar-refractivity contribution in [3.63, 3.8) is 0 Å². The van der Waals surface area contributed by atoms with E-state index in [1.54, 1.807) is 13.8 Å². The number of allylic oxidation sites excluding steroid dienone is 2. The van der Waals surface area contributed by atoms with E-state index >= 15 is 0 Å². The van der Waals surface area contributed by atoms with Gasteiger partial charge in [0.15, 0.2) is 5.78 Å². The maximum absolute atomic E-state index is 10.6. The summed E-state index contributed by atoms with van der Waals surface area (Å²) in [5.74, 6) is 0.0380. The zero-order valence-corrected chi connectivity index (χ0v) is 5.99. The minimum atomic E-state index is 0.0380. The fourth-order valence-corrected chi connectivity index (χ4v) is 0.386. The second-order valence-electron chi connectivity index (χ2n) is 2.01. The lowest BCUT2D eigenvalue weighted by atomic mass is 10.1. The highest BCUT2D eigenvalue weighted by molar-refractivity contribution is 5.98. The van der Waals surface area contributed by atoms with Gasteiger partial charge in [0.2, 0.25) is 0 Å². The number of hydrogen-bond donors (Lipinski definition) is 1. The van der Waals surface area contributed by atoms with Crippen molar-refractivity contribution in [2.75, 3.05) is 0 Å². The predicted octanol–water partition coefficient (Wildman–Crippen LogP) is 1.56. The van der Waals surface area contributed by atoms with Crippen molar-refractivity contribution in [3.05, 3.63) is 11.1 Å². The molecular formula is C7H11NO. The molecule has 0 amide bonds. The minimum Gasteiger partial charge on any atom is -0.308 e. The van der Waals surface area contributed by atoms with Crippen LogP contribution in [0.1, 0.15) is 20.8 Å². The van der Waals surface area contributed by atoms with Crippen LogP contribution in [-0.2, 0) is 4.79 Å². The quantitative estimate of drug-likeness (QED) is 0.441. The zero-order chi connectivity index (χ0) is 7.44. The molecule has 0 spiro atoms. The fraction of sp³-hybridized carbons (Fsp3) is 0.429. The van der Waals surface area contributed by atoms with Gasteiger partial charge in [-0.25, -0.2) is 0 Å². The number of carbonyl (C=O) groups excluding carboxylic acids is 1. The fourth-order valence-electron chi connectivity index (χ4n) is 0.386. The molecule has 0 atom stereocenters. The molecule has 2 heteroatoms. The Bertz CT molecular complexity index is 168. The molecule has 0 aliphatic rings. The van der Waals surface area contributed by atoms with E-state index in [9.17, 15) is 4.79 Å². The largest absolute Gasteiger partial charge is 0.308 e. The van der Waals surface area contributed by atoms with Gasteiger partial charge in [0.05, 0.1) is 0 Å². The lowest BCUT2D eigenvalue weighted by molar-refractivity contribution is -0.113. The number of nitrogens with one attached hydrogen (secondary N) is 1. The highest BCUT2D eigenvalue weighted by atomic mass is 16.1. The zero-order valence-electron chi connectivity index (χ0n) is 5.99. The predicted molar refractivity (Wildman–Crippen MR) is 37.8 cm³/mol. The number of carbonyl (C=O) groups is 1. The molecular weight excluding hydrogens is 114 g/mol. The molecule has 0 aliphatic carbocycles. The molecule has 0 aromatic carbocycles. The molecule has 0 aliphatic heterocycles. The molecule has 0 aromatic heterocycles. The van der Waals surface area contributed by atoms with Crippen LogP contribution in [-0.4, -0.2) is 12.0 Å². The van der Waals surface area contributed by atoms with Crippen molar-refractivity contribution in [1.29, 1.82) is 5.41 Å². The van der Waals surface area contributed by atoms with Crippen LogP contribution < -0.4 is 0 Å². The van der Waals surface area contributed by atoms with Gasteiger partial charge in [-0.2, -0.15) is 0 Å². The summed E-state index contributed by atoms with van der Waals surface area (Å²) in [6.07, 6.45) is 1.19. The number of hydrogen-bond acceptors (Lipinski definition) is 2. The van der Waals surface area contributed by atoms with Crippen molar-refractivity contribution in [1.82, 2.24) is 0 Å². The number of Topliss-reactive ketones (excluding diaryl/α,β-unsaturated/α-hetero) is 1. The van der Waals surface area contributed by atoms with Crippen LogP contribution in [0.25, 0.3) is 0 Å². The standard InChI is InChI=1S/C7H11NO/c1-5(4-8)6(2)7(3)9/h4,8H,1-3H3/b6-5-,8-4?. The first-order valence-corrected chi connectivity index (χ1v) is 2.78. The summed E-state index contributed by atoms with van der Waals surface area (Å²) in [4.78, 5) is 10.6. The van der Waals surface area contributed by atoms with Gasteiger partial charge in [-0.3, -0.25) is 4.79 Å². The van der Waals surface area contributed by atoms with Gasteiger partial charge in [-0.1, -0.05) is 0 Å². The van der Waals surface area contributed by atoms with Crippen LogP contribution in [0.5, 0.6) is 0 Å². The lowest BCUT2D eigenvalue weighted by Gasteiger charge is -1.94. The smallest absolute Gasteiger partial charge is 0.155 e. The Morgan fingerprint density at radius 3 is 1.89 bits per heavy atom. The SMILES string of the molecule is CC(=O)/C(C)=C(/C)C=N. The monoisotopic (exact) mass is 125 g/mol. The third kappa shape index (κ3) is 2.22. The third-order valence-electron chi connectivity index (χ3n) is 1.34. The minimum absolute atomic E-state index is 0.0380. The summed E-state index contributed by atoms with van der Waals surface area (Å²) in [7, 11) is 0. The molecule has 0 radical (unpaired) electrons. The molecule has 0 saturated heterocycles. The molecule has 9 heavy (non-hydrogen) atoms. The Morgan fingerprint density at radius 2 is 1.78 bits per heavy atom. The Kier molecular flexibility index (Phi) is 2.85. The molecule has 0 unspecified atom stereocenters. The Morgan fingerprint density at radius 1 is 1.33 bits per heavy atom. The Labute approximate surface area is 55.1 Å². The van der Waals surface area contributed by atoms with E-state index in [4.69, 9.17) is 5.41 Å². The second-order valence-corrected chi connectivity index (χ2v) is 2.01. The van der Waals surface area contributed by atoms with E-state index in [-0.39, 0.29) is 5.78 Å². The van der Waals surface area contributed by atoms with E-state index in [1.165, 1.54) is 13.1 Å². The lowest BCUT2D eigenvalue weighted by Crippen LogP contribution is -1.95. The summed E-state index contributed by atoms with van der Waals surface area (Å²) in [6, 6.07) is 0. The summed E-state index contributed by atoms with van der Waals surface area (Å²) in [6.45, 7) is 4.98. The van der Waals surface area contributed by atoms with E-state index in [1.807, 2.05) is 0 Å². The third-order valence-corrected chi connectivity index (χ3v) is 1.34. The van der Waals surface area contributed by atoms with Crippen molar-refractivity contribution in [2.24, 2.45) is 0 Å². The molecule has 1 N–H and O–H groups in total. The highest BCUT2D eigenvalue weighted by Gasteiger charge is 1.97. The Hall–Kier alpha value is -0.920. The van der Waals surface area contributed by atoms with Crippen LogP contribution in [0, 0.1) is 5.41 Å². The molecule has 2 nitrogen and oxygen atoms in total. The van der Waals surface area contributed by atoms with Gasteiger partial charge < -0.3 is 5.41 Å². The number of rotatable bonds is 2. The van der Waals surface area contributed by atoms with Crippen LogP contribution in [0.2, 0.25) is 0 Å². The van der Waals surface area contributed by atoms with Crippen LogP contribution in [0.3, 0.4) is 0 Å². The van der Waals surface area contributed by atoms with Crippen molar-refractivity contribution in [3.8, 4) is 0 Å². The topological polar surface area (TPSA) is 40.9 Å². The normalized spacial score (nSPS) is 12.3. The maximum atomic E-state index is 10.6. The molecule has 0 heterocycles. The molecule has 0 aromatic rings. The van der Waals surface area contributed by atoms with Crippen molar-refractivity contribution >= 4 is 12.0 Å². The van der Waals surface area contributed by atoms with E-state index in [0.717, 1.165) is 5.57 Å².